The number of hydrogen-bond donors (Lipinski definition) is 3. The molecule has 1 saturated heterocycles. The first-order valence-corrected chi connectivity index (χ1v) is 16.3. The Morgan fingerprint density at radius 2 is 2.02 bits per heavy atom. The van der Waals surface area contributed by atoms with Gasteiger partial charge in [-0.25, -0.2) is 22.5 Å². The van der Waals surface area contributed by atoms with Crippen molar-refractivity contribution in [3.8, 4) is 23.2 Å². The van der Waals surface area contributed by atoms with Gasteiger partial charge in [0.1, 0.15) is 34.0 Å². The van der Waals surface area contributed by atoms with Gasteiger partial charge in [0.15, 0.2) is 5.82 Å². The van der Waals surface area contributed by atoms with Gasteiger partial charge in [0.2, 0.25) is 6.43 Å². The molecule has 0 amide bonds. The summed E-state index contributed by atoms with van der Waals surface area (Å²) in [6.45, 7) is 3.03. The number of rotatable bonds is 9. The highest BCUT2D eigenvalue weighted by Crippen LogP contribution is 2.45. The highest BCUT2D eigenvalue weighted by molar-refractivity contribution is 7.23. The van der Waals surface area contributed by atoms with Crippen molar-refractivity contribution in [1.82, 2.24) is 19.9 Å². The summed E-state index contributed by atoms with van der Waals surface area (Å²) in [4.78, 5) is 15.0. The predicted octanol–water partition coefficient (Wildman–Crippen LogP) is 7.30. The van der Waals surface area contributed by atoms with Crippen LogP contribution >= 0.6 is 22.9 Å². The molecule has 1 aliphatic rings. The second-order valence-electron chi connectivity index (χ2n) is 11.9. The molecule has 0 spiro atoms. The van der Waals surface area contributed by atoms with Crippen LogP contribution in [-0.4, -0.2) is 59.6 Å². The fourth-order valence-corrected chi connectivity index (χ4v) is 7.50. The number of nitrogens with one attached hydrogen (secondary N) is 1. The van der Waals surface area contributed by atoms with E-state index in [-0.39, 0.29) is 72.1 Å². The molecule has 0 saturated carbocycles. The first-order chi connectivity index (χ1) is 23.0. The molecular formula is C33H31ClF4N8OS. The number of nitrogens with zero attached hydrogens (tertiary/aromatic N) is 5. The number of piperidine rings is 1. The smallest absolute Gasteiger partial charge is 0.319 e. The quantitative estimate of drug-likeness (QED) is 0.135. The number of fused-ring (bicyclic) bond motifs is 2. The molecule has 0 aliphatic carbocycles. The van der Waals surface area contributed by atoms with Crippen LogP contribution in [0.5, 0.6) is 6.01 Å². The molecule has 15 heteroatoms. The lowest BCUT2D eigenvalue weighted by atomic mass is 9.86. The number of halogens is 5. The minimum absolute atomic E-state index is 0.00354. The molecule has 250 valence electrons. The van der Waals surface area contributed by atoms with Gasteiger partial charge in [-0.2, -0.15) is 15.2 Å². The molecule has 2 aromatic carbocycles. The van der Waals surface area contributed by atoms with Crippen LogP contribution < -0.4 is 21.5 Å². The van der Waals surface area contributed by atoms with Gasteiger partial charge < -0.3 is 26.4 Å². The number of alkyl halides is 2. The second-order valence-corrected chi connectivity index (χ2v) is 13.4. The van der Waals surface area contributed by atoms with Crippen molar-refractivity contribution in [2.24, 2.45) is 11.8 Å². The minimum Gasteiger partial charge on any atom is -0.463 e. The van der Waals surface area contributed by atoms with E-state index in [4.69, 9.17) is 27.8 Å². The van der Waals surface area contributed by atoms with E-state index in [1.807, 2.05) is 31.0 Å². The van der Waals surface area contributed by atoms with E-state index in [1.54, 1.807) is 12.3 Å². The average Bonchev–Trinajstić information content (AvgIpc) is 3.40. The number of aromatic nitrogens is 3. The van der Waals surface area contributed by atoms with Crippen LogP contribution in [0.3, 0.4) is 0 Å². The molecular weight excluding hydrogens is 668 g/mol. The maximum atomic E-state index is 16.8. The number of benzene rings is 2. The largest absolute Gasteiger partial charge is 0.463 e. The Hall–Kier alpha value is -4.45. The number of nitrogen functional groups attached to an aromatic ring is 2. The third kappa shape index (κ3) is 6.25. The molecule has 3 aromatic heterocycles. The van der Waals surface area contributed by atoms with Crippen molar-refractivity contribution in [3.05, 3.63) is 64.3 Å². The highest BCUT2D eigenvalue weighted by atomic mass is 35.5. The highest BCUT2D eigenvalue weighted by Gasteiger charge is 2.35. The molecule has 6 rings (SSSR count). The maximum absolute atomic E-state index is 16.8. The zero-order valence-electron chi connectivity index (χ0n) is 25.9. The summed E-state index contributed by atoms with van der Waals surface area (Å²) in [5.74, 6) is -2.48. The third-order valence-corrected chi connectivity index (χ3v) is 10.1. The molecule has 0 bridgehead atoms. The van der Waals surface area contributed by atoms with E-state index in [9.17, 15) is 18.4 Å². The van der Waals surface area contributed by atoms with E-state index >= 15 is 4.39 Å². The van der Waals surface area contributed by atoms with Gasteiger partial charge in [0.25, 0.3) is 0 Å². The Balaban J connectivity index is 1.46. The van der Waals surface area contributed by atoms with Crippen molar-refractivity contribution < 1.29 is 22.3 Å². The molecule has 5 aromatic rings. The Morgan fingerprint density at radius 3 is 2.75 bits per heavy atom. The lowest BCUT2D eigenvalue weighted by Crippen LogP contribution is -2.43. The number of nitrogens with two attached hydrogens (primary N) is 2. The van der Waals surface area contributed by atoms with Crippen molar-refractivity contribution in [2.75, 3.05) is 50.1 Å². The summed E-state index contributed by atoms with van der Waals surface area (Å²) in [7, 11) is 1.85. The van der Waals surface area contributed by atoms with Crippen LogP contribution in [0.1, 0.15) is 30.4 Å². The second kappa shape index (κ2) is 13.6. The summed E-state index contributed by atoms with van der Waals surface area (Å²) >= 11 is 7.62. The topological polar surface area (TPSA) is 139 Å². The van der Waals surface area contributed by atoms with Crippen LogP contribution in [0.4, 0.5) is 34.2 Å². The van der Waals surface area contributed by atoms with E-state index in [1.165, 1.54) is 12.1 Å². The fraction of sp³-hybridized carbons (Fsp3) is 0.333. The lowest BCUT2D eigenvalue weighted by molar-refractivity contribution is -0.0142. The number of ether oxygens (including phenoxy) is 1. The first kappa shape index (κ1) is 33.5. The van der Waals surface area contributed by atoms with Crippen molar-refractivity contribution in [3.63, 3.8) is 0 Å². The van der Waals surface area contributed by atoms with Gasteiger partial charge >= 0.3 is 6.01 Å². The fourth-order valence-electron chi connectivity index (χ4n) is 6.26. The Morgan fingerprint density at radius 1 is 1.23 bits per heavy atom. The van der Waals surface area contributed by atoms with Crippen molar-refractivity contribution >= 4 is 60.6 Å². The number of anilines is 3. The van der Waals surface area contributed by atoms with Gasteiger partial charge in [-0.1, -0.05) is 30.7 Å². The number of likely N-dealkylation sites (tertiary alicyclic amines) is 1. The molecule has 3 atom stereocenters. The molecule has 0 unspecified atom stereocenters. The van der Waals surface area contributed by atoms with Gasteiger partial charge in [-0.05, 0) is 49.3 Å². The van der Waals surface area contributed by atoms with Crippen LogP contribution in [0.25, 0.3) is 32.1 Å². The van der Waals surface area contributed by atoms with Crippen LogP contribution in [0.2, 0.25) is 5.02 Å². The minimum atomic E-state index is -2.53. The standard InChI is InChI=1S/C33H31ClF4N8OS/c1-15(17-4-3-8-42-30(17)40)12-43-32-20-10-22(34)25(19-5-6-23(35)28-24(19)21(11-39)31(41)48-28)26(36)27(20)44-33(45-32)47-14-16-13-46(2)9-7-18(16)29(37)38/h3-6,8,10,15-16,18,29H,7,9,12-14,41H2,1-2H3,(H2,40,42)(H,43,44,45)/t15-,16+,18+/m0/s1. The lowest BCUT2D eigenvalue weighted by Gasteiger charge is -2.35. The maximum Gasteiger partial charge on any atom is 0.319 e. The van der Waals surface area contributed by atoms with Gasteiger partial charge in [-0.3, -0.25) is 0 Å². The van der Waals surface area contributed by atoms with Gasteiger partial charge in [0.05, 0.1) is 21.9 Å². The summed E-state index contributed by atoms with van der Waals surface area (Å²) in [5, 5.41) is 13.4. The van der Waals surface area contributed by atoms with Crippen molar-refractivity contribution in [2.45, 2.75) is 25.7 Å². The Kier molecular flexibility index (Phi) is 9.46. The molecule has 1 fully saturated rings. The van der Waals surface area contributed by atoms with Gasteiger partial charge in [-0.15, -0.1) is 11.3 Å². The summed E-state index contributed by atoms with van der Waals surface area (Å²) in [5.41, 5.74) is 12.7. The number of hydrogen-bond acceptors (Lipinski definition) is 10. The predicted molar refractivity (Wildman–Crippen MR) is 181 cm³/mol. The average molecular weight is 699 g/mol. The molecule has 5 N–H and O–H groups in total. The van der Waals surface area contributed by atoms with Crippen LogP contribution in [0.15, 0.2) is 36.5 Å². The number of nitriles is 1. The SMILES string of the molecule is C[C@@H](CNc1nc(OC[C@H]2CN(C)CC[C@H]2C(F)F)nc2c(F)c(-c3ccc(F)c4sc(N)c(C#N)c34)c(Cl)cc12)c1cccnc1N. The van der Waals surface area contributed by atoms with Crippen LogP contribution in [-0.2, 0) is 0 Å². The first-order valence-electron chi connectivity index (χ1n) is 15.1. The molecule has 4 heterocycles. The van der Waals surface area contributed by atoms with E-state index in [2.05, 4.69) is 20.3 Å². The van der Waals surface area contributed by atoms with E-state index in [0.29, 0.717) is 31.9 Å². The Bertz CT molecular complexity index is 2050. The van der Waals surface area contributed by atoms with E-state index in [0.717, 1.165) is 23.0 Å². The zero-order valence-corrected chi connectivity index (χ0v) is 27.5. The molecule has 1 aliphatic heterocycles. The number of thiophene rings is 1. The summed E-state index contributed by atoms with van der Waals surface area (Å²) in [6, 6.07) is 9.34. The monoisotopic (exact) mass is 698 g/mol. The normalized spacial score (nSPS) is 17.6. The Labute approximate surface area is 282 Å². The molecule has 0 radical (unpaired) electrons. The third-order valence-electron chi connectivity index (χ3n) is 8.79. The van der Waals surface area contributed by atoms with E-state index < -0.39 is 29.9 Å². The molecule has 9 nitrogen and oxygen atoms in total. The summed E-state index contributed by atoms with van der Waals surface area (Å²) in [6.07, 6.45) is -0.629. The van der Waals surface area contributed by atoms with Gasteiger partial charge in [0, 0.05) is 53.4 Å². The van der Waals surface area contributed by atoms with Crippen LogP contribution in [0, 0.1) is 34.8 Å². The number of pyridine rings is 1. The summed E-state index contributed by atoms with van der Waals surface area (Å²) < 4.78 is 65.4. The molecule has 48 heavy (non-hydrogen) atoms. The van der Waals surface area contributed by atoms with Crippen molar-refractivity contribution in [1.29, 1.82) is 5.26 Å². The zero-order chi connectivity index (χ0) is 34.3.